The molecule has 0 fully saturated rings. The van der Waals surface area contributed by atoms with Crippen LogP contribution in [0.15, 0.2) is 69.6 Å². The average molecular weight is 507 g/mol. The summed E-state index contributed by atoms with van der Waals surface area (Å²) in [6.07, 6.45) is 3.29. The fourth-order valence-electron chi connectivity index (χ4n) is 4.14. The summed E-state index contributed by atoms with van der Waals surface area (Å²) in [7, 11) is 2.94. The highest BCUT2D eigenvalue weighted by Gasteiger charge is 2.33. The van der Waals surface area contributed by atoms with Crippen LogP contribution in [0.5, 0.6) is 11.5 Å². The predicted molar refractivity (Wildman–Crippen MR) is 140 cm³/mol. The molecule has 2 atom stereocenters. The van der Waals surface area contributed by atoms with E-state index in [9.17, 15) is 9.59 Å². The molecule has 0 unspecified atom stereocenters. The molecule has 0 saturated carbocycles. The lowest BCUT2D eigenvalue weighted by molar-refractivity contribution is -0.136. The lowest BCUT2D eigenvalue weighted by Gasteiger charge is -2.25. The van der Waals surface area contributed by atoms with Crippen molar-refractivity contribution in [3.63, 3.8) is 0 Å². The Kier molecular flexibility index (Phi) is 7.74. The van der Waals surface area contributed by atoms with Gasteiger partial charge in [-0.25, -0.2) is 9.79 Å². The minimum absolute atomic E-state index is 0.0585. The average Bonchev–Trinajstić information content (AvgIpc) is 3.22. The maximum Gasteiger partial charge on any atom is 0.338 e. The molecule has 8 heteroatoms. The smallest absolute Gasteiger partial charge is 0.338 e. The third kappa shape index (κ3) is 4.86. The van der Waals surface area contributed by atoms with Crippen LogP contribution >= 0.6 is 11.3 Å². The Bertz CT molecular complexity index is 1470. The predicted octanol–water partition coefficient (Wildman–Crippen LogP) is 3.98. The van der Waals surface area contributed by atoms with Crippen LogP contribution in [-0.4, -0.2) is 30.9 Å². The summed E-state index contributed by atoms with van der Waals surface area (Å²) in [6, 6.07) is 14.5. The summed E-state index contributed by atoms with van der Waals surface area (Å²) >= 11 is 1.30. The van der Waals surface area contributed by atoms with E-state index < -0.39 is 12.0 Å². The third-order valence-corrected chi connectivity index (χ3v) is 7.14. The first-order valence-electron chi connectivity index (χ1n) is 11.9. The number of fused-ring (bicyclic) bond motifs is 1. The summed E-state index contributed by atoms with van der Waals surface area (Å²) in [5.74, 6) is 0.769. The van der Waals surface area contributed by atoms with Crippen molar-refractivity contribution in [2.24, 2.45) is 4.99 Å². The molecule has 188 valence electrons. The number of aromatic nitrogens is 1. The molecule has 2 aromatic carbocycles. The van der Waals surface area contributed by atoms with Gasteiger partial charge in [0.1, 0.15) is 0 Å². The molecule has 3 aromatic rings. The van der Waals surface area contributed by atoms with Crippen molar-refractivity contribution in [1.82, 2.24) is 4.57 Å². The molecule has 0 spiro atoms. The molecule has 0 N–H and O–H groups in total. The number of ether oxygens (including phenoxy) is 3. The van der Waals surface area contributed by atoms with Crippen molar-refractivity contribution in [3.8, 4) is 11.5 Å². The first-order chi connectivity index (χ1) is 17.4. The van der Waals surface area contributed by atoms with Gasteiger partial charge in [-0.3, -0.25) is 9.36 Å². The topological polar surface area (TPSA) is 79.1 Å². The maximum absolute atomic E-state index is 13.7. The molecule has 1 aliphatic rings. The van der Waals surface area contributed by atoms with E-state index in [1.807, 2.05) is 68.5 Å². The van der Waals surface area contributed by atoms with Gasteiger partial charge in [0.05, 0.1) is 42.2 Å². The number of rotatable bonds is 8. The largest absolute Gasteiger partial charge is 0.493 e. The van der Waals surface area contributed by atoms with Gasteiger partial charge in [0.25, 0.3) is 5.56 Å². The van der Waals surface area contributed by atoms with Crippen LogP contribution in [0.1, 0.15) is 50.8 Å². The molecule has 0 saturated heterocycles. The van der Waals surface area contributed by atoms with Crippen molar-refractivity contribution in [2.75, 3.05) is 14.2 Å². The molecular formula is C28H30N2O5S. The van der Waals surface area contributed by atoms with E-state index in [1.54, 1.807) is 11.7 Å². The van der Waals surface area contributed by atoms with Gasteiger partial charge < -0.3 is 14.2 Å². The molecule has 1 aromatic heterocycles. The minimum atomic E-state index is -0.618. The number of thiazole rings is 1. The van der Waals surface area contributed by atoms with Crippen LogP contribution in [0.25, 0.3) is 6.08 Å². The number of hydrogen-bond acceptors (Lipinski definition) is 7. The monoisotopic (exact) mass is 506 g/mol. The zero-order chi connectivity index (χ0) is 25.8. The number of allylic oxidation sites excluding steroid dienone is 1. The van der Waals surface area contributed by atoms with Gasteiger partial charge in [-0.1, -0.05) is 61.6 Å². The Morgan fingerprint density at radius 2 is 1.89 bits per heavy atom. The molecule has 0 amide bonds. The summed E-state index contributed by atoms with van der Waals surface area (Å²) in [5, 5.41) is 0. The Hall–Kier alpha value is -3.65. The van der Waals surface area contributed by atoms with Crippen LogP contribution in [0, 0.1) is 0 Å². The second kappa shape index (κ2) is 11.0. The molecule has 7 nitrogen and oxygen atoms in total. The van der Waals surface area contributed by atoms with Crippen molar-refractivity contribution < 1.29 is 19.0 Å². The zero-order valence-electron chi connectivity index (χ0n) is 21.1. The Balaban J connectivity index is 1.88. The van der Waals surface area contributed by atoms with E-state index in [2.05, 4.69) is 6.92 Å². The van der Waals surface area contributed by atoms with E-state index in [4.69, 9.17) is 19.2 Å². The molecular weight excluding hydrogens is 476 g/mol. The first-order valence-corrected chi connectivity index (χ1v) is 12.8. The van der Waals surface area contributed by atoms with Crippen molar-refractivity contribution >= 4 is 23.4 Å². The van der Waals surface area contributed by atoms with Gasteiger partial charge in [0.2, 0.25) is 0 Å². The van der Waals surface area contributed by atoms with E-state index in [0.717, 1.165) is 17.5 Å². The second-order valence-electron chi connectivity index (χ2n) is 8.45. The highest BCUT2D eigenvalue weighted by Crippen LogP contribution is 2.32. The van der Waals surface area contributed by atoms with E-state index >= 15 is 0 Å². The Morgan fingerprint density at radius 3 is 2.53 bits per heavy atom. The standard InChI is InChI=1S/C28H30N2O5S/c1-6-17(3)35-21-14-13-18(15-22(21)33-4)16-23-26(31)30-25(19-11-9-8-10-12-19)24(27(32)34-5)20(7-2)29-28(30)36-23/h8-17,25H,6-7H2,1-5H3/b23-16-/t17-,25+/m1/s1. The third-order valence-electron chi connectivity index (χ3n) is 6.15. The van der Waals surface area contributed by atoms with Gasteiger partial charge in [-0.2, -0.15) is 0 Å². The lowest BCUT2D eigenvalue weighted by atomic mass is 9.95. The van der Waals surface area contributed by atoms with Crippen molar-refractivity contribution in [1.29, 1.82) is 0 Å². The molecule has 36 heavy (non-hydrogen) atoms. The first kappa shape index (κ1) is 25.4. The Labute approximate surface area is 214 Å². The van der Waals surface area contributed by atoms with Gasteiger partial charge in [0, 0.05) is 0 Å². The van der Waals surface area contributed by atoms with E-state index in [1.165, 1.54) is 18.4 Å². The summed E-state index contributed by atoms with van der Waals surface area (Å²) < 4.78 is 18.7. The van der Waals surface area contributed by atoms with E-state index in [-0.39, 0.29) is 11.7 Å². The summed E-state index contributed by atoms with van der Waals surface area (Å²) in [5.41, 5.74) is 2.41. The molecule has 0 radical (unpaired) electrons. The SMILES string of the molecule is CCC1=C(C(=O)OC)[C@H](c2ccccc2)n2c(s/c(=C\c3ccc(O[C@H](C)CC)c(OC)c3)c2=O)=N1. The molecule has 0 aliphatic carbocycles. The number of nitrogens with zero attached hydrogens (tertiary/aromatic N) is 2. The Morgan fingerprint density at radius 1 is 1.14 bits per heavy atom. The lowest BCUT2D eigenvalue weighted by Crippen LogP contribution is -2.40. The number of carbonyl (C=O) groups excluding carboxylic acids is 1. The zero-order valence-corrected chi connectivity index (χ0v) is 21.9. The maximum atomic E-state index is 13.7. The van der Waals surface area contributed by atoms with Gasteiger partial charge in [-0.15, -0.1) is 0 Å². The second-order valence-corrected chi connectivity index (χ2v) is 9.46. The normalized spacial score (nSPS) is 16.2. The van der Waals surface area contributed by atoms with Crippen molar-refractivity contribution in [3.05, 3.63) is 90.6 Å². The number of hydrogen-bond donors (Lipinski definition) is 0. The molecule has 0 bridgehead atoms. The molecule has 2 heterocycles. The van der Waals surface area contributed by atoms with Crippen LogP contribution < -0.4 is 24.4 Å². The summed E-state index contributed by atoms with van der Waals surface area (Å²) in [6.45, 7) is 6.00. The van der Waals surface area contributed by atoms with Gasteiger partial charge >= 0.3 is 5.97 Å². The minimum Gasteiger partial charge on any atom is -0.493 e. The number of esters is 1. The summed E-state index contributed by atoms with van der Waals surface area (Å²) in [4.78, 5) is 31.8. The quantitative estimate of drug-likeness (QED) is 0.432. The van der Waals surface area contributed by atoms with E-state index in [0.29, 0.717) is 38.5 Å². The van der Waals surface area contributed by atoms with Crippen LogP contribution in [0.2, 0.25) is 0 Å². The molecule has 1 aliphatic heterocycles. The number of methoxy groups -OCH3 is 2. The van der Waals surface area contributed by atoms with Gasteiger partial charge in [-0.05, 0) is 49.1 Å². The highest BCUT2D eigenvalue weighted by molar-refractivity contribution is 7.07. The highest BCUT2D eigenvalue weighted by atomic mass is 32.1. The van der Waals surface area contributed by atoms with Crippen LogP contribution in [0.4, 0.5) is 0 Å². The van der Waals surface area contributed by atoms with Crippen LogP contribution in [0.3, 0.4) is 0 Å². The number of carbonyl (C=O) groups is 1. The fraction of sp³-hybridized carbons (Fsp3) is 0.321. The van der Waals surface area contributed by atoms with Crippen molar-refractivity contribution in [2.45, 2.75) is 45.8 Å². The van der Waals surface area contributed by atoms with Crippen LogP contribution in [-0.2, 0) is 9.53 Å². The molecule has 4 rings (SSSR count). The van der Waals surface area contributed by atoms with Gasteiger partial charge in [0.15, 0.2) is 16.3 Å². The number of benzene rings is 2. The fourth-order valence-corrected chi connectivity index (χ4v) is 5.16.